The van der Waals surface area contributed by atoms with E-state index < -0.39 is 0 Å². The molecule has 21 heavy (non-hydrogen) atoms. The van der Waals surface area contributed by atoms with Crippen molar-refractivity contribution in [3.63, 3.8) is 0 Å². The average molecular weight is 290 g/mol. The number of carbonyl (C=O) groups excluding carboxylic acids is 1. The minimum absolute atomic E-state index is 0.146. The summed E-state index contributed by atoms with van der Waals surface area (Å²) in [6.07, 6.45) is 6.08. The number of carbonyl (C=O) groups is 1. The van der Waals surface area contributed by atoms with Gasteiger partial charge in [0.2, 0.25) is 5.91 Å². The fourth-order valence-electron chi connectivity index (χ4n) is 2.64. The van der Waals surface area contributed by atoms with Gasteiger partial charge < -0.3 is 10.2 Å². The zero-order chi connectivity index (χ0) is 15.1. The van der Waals surface area contributed by atoms with Gasteiger partial charge in [-0.25, -0.2) is 4.39 Å². The van der Waals surface area contributed by atoms with E-state index in [-0.39, 0.29) is 17.8 Å². The molecule has 3 nitrogen and oxygen atoms in total. The first kappa shape index (κ1) is 15.7. The van der Waals surface area contributed by atoms with Crippen LogP contribution in [0.25, 0.3) is 6.08 Å². The zero-order valence-electron chi connectivity index (χ0n) is 12.5. The van der Waals surface area contributed by atoms with Gasteiger partial charge in [0.05, 0.1) is 0 Å². The van der Waals surface area contributed by atoms with Crippen LogP contribution in [-0.4, -0.2) is 36.5 Å². The largest absolute Gasteiger partial charge is 0.350 e. The lowest BCUT2D eigenvalue weighted by molar-refractivity contribution is -0.117. The standard InChI is InChI=1S/C17H23FN2O/c1-2-11-20-12-9-15(10-13-20)19-17(21)8-7-14-5-3-4-6-16(14)18/h3-8,15H,2,9-13H2,1H3,(H,19,21)/b8-7+. The van der Waals surface area contributed by atoms with E-state index in [1.807, 2.05) is 0 Å². The molecule has 1 saturated heterocycles. The summed E-state index contributed by atoms with van der Waals surface area (Å²) in [6.45, 7) is 5.39. The lowest BCUT2D eigenvalue weighted by atomic mass is 10.0. The maximum atomic E-state index is 13.4. The normalized spacial score (nSPS) is 17.2. The van der Waals surface area contributed by atoms with Gasteiger partial charge in [0.25, 0.3) is 0 Å². The number of rotatable bonds is 5. The fourth-order valence-corrected chi connectivity index (χ4v) is 2.64. The SMILES string of the molecule is CCCN1CCC(NC(=O)/C=C/c2ccccc2F)CC1. The van der Waals surface area contributed by atoms with E-state index in [1.165, 1.54) is 24.6 Å². The van der Waals surface area contributed by atoms with E-state index in [2.05, 4.69) is 17.1 Å². The number of benzene rings is 1. The van der Waals surface area contributed by atoms with Gasteiger partial charge in [-0.05, 0) is 37.9 Å². The van der Waals surface area contributed by atoms with E-state index in [0.717, 1.165) is 32.5 Å². The summed E-state index contributed by atoms with van der Waals surface area (Å²) in [4.78, 5) is 14.3. The minimum Gasteiger partial charge on any atom is -0.350 e. The maximum Gasteiger partial charge on any atom is 0.244 e. The van der Waals surface area contributed by atoms with Gasteiger partial charge in [-0.3, -0.25) is 4.79 Å². The molecular weight excluding hydrogens is 267 g/mol. The van der Waals surface area contributed by atoms with Crippen molar-refractivity contribution < 1.29 is 9.18 Å². The van der Waals surface area contributed by atoms with Crippen LogP contribution in [0.3, 0.4) is 0 Å². The Balaban J connectivity index is 1.79. The first-order valence-corrected chi connectivity index (χ1v) is 7.64. The Morgan fingerprint density at radius 1 is 1.38 bits per heavy atom. The van der Waals surface area contributed by atoms with Gasteiger partial charge in [0.15, 0.2) is 0 Å². The molecule has 0 atom stereocenters. The van der Waals surface area contributed by atoms with E-state index in [9.17, 15) is 9.18 Å². The van der Waals surface area contributed by atoms with Crippen LogP contribution < -0.4 is 5.32 Å². The number of nitrogens with zero attached hydrogens (tertiary/aromatic N) is 1. The van der Waals surface area contributed by atoms with Gasteiger partial charge in [-0.1, -0.05) is 25.1 Å². The smallest absolute Gasteiger partial charge is 0.244 e. The lowest BCUT2D eigenvalue weighted by Gasteiger charge is -2.31. The molecule has 0 aliphatic carbocycles. The summed E-state index contributed by atoms with van der Waals surface area (Å²) < 4.78 is 13.4. The van der Waals surface area contributed by atoms with Crippen molar-refractivity contribution in [2.24, 2.45) is 0 Å². The Morgan fingerprint density at radius 3 is 2.76 bits per heavy atom. The van der Waals surface area contributed by atoms with Crippen molar-refractivity contribution in [3.8, 4) is 0 Å². The van der Waals surface area contributed by atoms with Gasteiger partial charge >= 0.3 is 0 Å². The number of nitrogens with one attached hydrogen (secondary N) is 1. The molecule has 1 fully saturated rings. The van der Waals surface area contributed by atoms with Crippen LogP contribution in [0.1, 0.15) is 31.7 Å². The maximum absolute atomic E-state index is 13.4. The average Bonchev–Trinajstić information content (AvgIpc) is 2.49. The number of amides is 1. The summed E-state index contributed by atoms with van der Waals surface area (Å²) in [7, 11) is 0. The number of halogens is 1. The molecule has 1 aliphatic rings. The summed E-state index contributed by atoms with van der Waals surface area (Å²) >= 11 is 0. The van der Waals surface area contributed by atoms with Crippen molar-refractivity contribution in [2.45, 2.75) is 32.2 Å². The van der Waals surface area contributed by atoms with Crippen LogP contribution in [0, 0.1) is 5.82 Å². The van der Waals surface area contributed by atoms with Crippen LogP contribution in [-0.2, 0) is 4.79 Å². The van der Waals surface area contributed by atoms with Crippen LogP contribution in [0.5, 0.6) is 0 Å². The van der Waals surface area contributed by atoms with Crippen LogP contribution in [0.15, 0.2) is 30.3 Å². The predicted octanol–water partition coefficient (Wildman–Crippen LogP) is 2.83. The minimum atomic E-state index is -0.311. The third kappa shape index (κ3) is 4.97. The Labute approximate surface area is 125 Å². The molecular formula is C17H23FN2O. The highest BCUT2D eigenvalue weighted by Crippen LogP contribution is 2.11. The summed E-state index contributed by atoms with van der Waals surface area (Å²) in [5.41, 5.74) is 0.436. The molecule has 114 valence electrons. The van der Waals surface area contributed by atoms with Crippen molar-refractivity contribution in [1.82, 2.24) is 10.2 Å². The first-order valence-electron chi connectivity index (χ1n) is 7.64. The second-order valence-corrected chi connectivity index (χ2v) is 5.48. The molecule has 1 aromatic carbocycles. The topological polar surface area (TPSA) is 32.3 Å². The fraction of sp³-hybridized carbons (Fsp3) is 0.471. The molecule has 0 spiro atoms. The van der Waals surface area contributed by atoms with Crippen molar-refractivity contribution in [3.05, 3.63) is 41.7 Å². The lowest BCUT2D eigenvalue weighted by Crippen LogP contribution is -2.44. The summed E-state index contributed by atoms with van der Waals surface area (Å²) in [6, 6.07) is 6.67. The van der Waals surface area contributed by atoms with Crippen LogP contribution >= 0.6 is 0 Å². The van der Waals surface area contributed by atoms with Gasteiger partial charge in [-0.2, -0.15) is 0 Å². The molecule has 1 amide bonds. The van der Waals surface area contributed by atoms with Crippen molar-refractivity contribution in [2.75, 3.05) is 19.6 Å². The van der Waals surface area contributed by atoms with Crippen molar-refractivity contribution >= 4 is 12.0 Å². The third-order valence-corrected chi connectivity index (χ3v) is 3.79. The quantitative estimate of drug-likeness (QED) is 0.846. The molecule has 0 saturated carbocycles. The number of piperidine rings is 1. The van der Waals surface area contributed by atoms with E-state index in [0.29, 0.717) is 5.56 Å². The number of hydrogen-bond donors (Lipinski definition) is 1. The second-order valence-electron chi connectivity index (χ2n) is 5.48. The van der Waals surface area contributed by atoms with Gasteiger partial charge in [0, 0.05) is 30.8 Å². The van der Waals surface area contributed by atoms with Gasteiger partial charge in [-0.15, -0.1) is 0 Å². The Kier molecular flexibility index (Phi) is 5.93. The third-order valence-electron chi connectivity index (χ3n) is 3.79. The highest BCUT2D eigenvalue weighted by atomic mass is 19.1. The summed E-state index contributed by atoms with van der Waals surface area (Å²) in [5, 5.41) is 3.00. The Bertz CT molecular complexity index is 493. The molecule has 0 bridgehead atoms. The van der Waals surface area contributed by atoms with Gasteiger partial charge in [0.1, 0.15) is 5.82 Å². The molecule has 0 unspecified atom stereocenters. The Hall–Kier alpha value is -1.68. The van der Waals surface area contributed by atoms with E-state index in [4.69, 9.17) is 0 Å². The monoisotopic (exact) mass is 290 g/mol. The second kappa shape index (κ2) is 7.93. The molecule has 1 N–H and O–H groups in total. The molecule has 0 aromatic heterocycles. The Morgan fingerprint density at radius 2 is 2.10 bits per heavy atom. The van der Waals surface area contributed by atoms with Crippen molar-refractivity contribution in [1.29, 1.82) is 0 Å². The van der Waals surface area contributed by atoms with Crippen LogP contribution in [0.2, 0.25) is 0 Å². The van der Waals surface area contributed by atoms with E-state index >= 15 is 0 Å². The molecule has 1 aromatic rings. The summed E-state index contributed by atoms with van der Waals surface area (Å²) in [5.74, 6) is -0.457. The zero-order valence-corrected chi connectivity index (χ0v) is 12.5. The molecule has 4 heteroatoms. The molecule has 2 rings (SSSR count). The highest BCUT2D eigenvalue weighted by molar-refractivity contribution is 5.91. The van der Waals surface area contributed by atoms with Crippen LogP contribution in [0.4, 0.5) is 4.39 Å². The predicted molar refractivity (Wildman–Crippen MR) is 83.3 cm³/mol. The molecule has 0 radical (unpaired) electrons. The first-order chi connectivity index (χ1) is 10.2. The number of likely N-dealkylation sites (tertiary alicyclic amines) is 1. The number of hydrogen-bond acceptors (Lipinski definition) is 2. The molecule has 1 aliphatic heterocycles. The molecule has 1 heterocycles. The highest BCUT2D eigenvalue weighted by Gasteiger charge is 2.19. The van der Waals surface area contributed by atoms with E-state index in [1.54, 1.807) is 18.2 Å².